The van der Waals surface area contributed by atoms with Gasteiger partial charge in [0.15, 0.2) is 0 Å². The van der Waals surface area contributed by atoms with E-state index in [0.29, 0.717) is 0 Å². The van der Waals surface area contributed by atoms with Gasteiger partial charge in [0.05, 0.1) is 0 Å². The normalized spacial score (nSPS) is 13.5. The molecular weight excluding hydrogens is 296 g/mol. The van der Waals surface area contributed by atoms with E-state index in [4.69, 9.17) is 0 Å². The van der Waals surface area contributed by atoms with Crippen LogP contribution in [-0.2, 0) is 0 Å². The number of hydrogen-bond acceptors (Lipinski definition) is 4. The molecule has 0 fully saturated rings. The van der Waals surface area contributed by atoms with Crippen molar-refractivity contribution in [1.29, 1.82) is 0 Å². The Morgan fingerprint density at radius 3 is 2.50 bits per heavy atom. The number of allylic oxidation sites excluding steroid dienone is 3. The molecule has 0 aliphatic heterocycles. The van der Waals surface area contributed by atoms with Gasteiger partial charge in [-0.15, -0.1) is 5.73 Å². The fraction of sp³-hybridized carbons (Fsp3) is 0.650. The fourth-order valence-corrected chi connectivity index (χ4v) is 2.62. The molecule has 4 heteroatoms. The lowest BCUT2D eigenvalue weighted by Gasteiger charge is -2.22. The largest absolute Gasteiger partial charge is 0.316 e. The molecule has 136 valence electrons. The van der Waals surface area contributed by atoms with Crippen molar-refractivity contribution in [3.8, 4) is 0 Å². The van der Waals surface area contributed by atoms with Crippen LogP contribution in [0, 0.1) is 0 Å². The molecule has 0 aromatic heterocycles. The van der Waals surface area contributed by atoms with E-state index in [1.165, 1.54) is 18.4 Å². The van der Waals surface area contributed by atoms with Crippen LogP contribution in [0.5, 0.6) is 0 Å². The summed E-state index contributed by atoms with van der Waals surface area (Å²) in [4.78, 5) is 2.52. The Hall–Kier alpha value is -1.16. The molecule has 0 radical (unpaired) electrons. The maximum Gasteiger partial charge on any atom is 0.0240 e. The zero-order chi connectivity index (χ0) is 17.3. The summed E-state index contributed by atoms with van der Waals surface area (Å²) in [5.74, 6) is 0. The quantitative estimate of drug-likeness (QED) is 0.317. The molecule has 0 heterocycles. The van der Waals surface area contributed by atoms with Gasteiger partial charge in [-0.1, -0.05) is 32.1 Å². The minimum absolute atomic E-state index is 1.01. The summed E-state index contributed by atoms with van der Waals surface area (Å²) in [6.45, 7) is 14.0. The first-order chi connectivity index (χ1) is 11.9. The molecule has 4 nitrogen and oxygen atoms in total. The number of rotatable bonds is 15. The lowest BCUT2D eigenvalue weighted by atomic mass is 10.2. The Morgan fingerprint density at radius 2 is 1.71 bits per heavy atom. The highest BCUT2D eigenvalue weighted by Crippen LogP contribution is 2.04. The average molecular weight is 333 g/mol. The van der Waals surface area contributed by atoms with E-state index < -0.39 is 0 Å². The van der Waals surface area contributed by atoms with Gasteiger partial charge in [0, 0.05) is 32.7 Å². The van der Waals surface area contributed by atoms with E-state index in [1.54, 1.807) is 0 Å². The second-order valence-corrected chi connectivity index (χ2v) is 6.09. The molecule has 0 aromatic rings. The molecule has 1 rings (SSSR count). The van der Waals surface area contributed by atoms with Crippen molar-refractivity contribution in [1.82, 2.24) is 20.9 Å². The van der Waals surface area contributed by atoms with Crippen molar-refractivity contribution in [3.63, 3.8) is 0 Å². The van der Waals surface area contributed by atoms with Gasteiger partial charge in [-0.25, -0.2) is 0 Å². The maximum atomic E-state index is 3.56. The SMILES string of the molecule is CCCN(CCNCCCNCCNCC)CC1=CC=CC=C=C1. The molecule has 0 unspecified atom stereocenters. The van der Waals surface area contributed by atoms with E-state index in [2.05, 4.69) is 58.7 Å². The number of likely N-dealkylation sites (N-methyl/N-ethyl adjacent to an activating group) is 1. The van der Waals surface area contributed by atoms with Crippen molar-refractivity contribution in [3.05, 3.63) is 41.7 Å². The van der Waals surface area contributed by atoms with Crippen molar-refractivity contribution in [2.45, 2.75) is 26.7 Å². The molecule has 0 saturated heterocycles. The summed E-state index contributed by atoms with van der Waals surface area (Å²) < 4.78 is 0. The van der Waals surface area contributed by atoms with Gasteiger partial charge >= 0.3 is 0 Å². The third-order valence-electron chi connectivity index (χ3n) is 3.87. The second-order valence-electron chi connectivity index (χ2n) is 6.09. The molecule has 0 saturated carbocycles. The topological polar surface area (TPSA) is 39.3 Å². The summed E-state index contributed by atoms with van der Waals surface area (Å²) in [7, 11) is 0. The molecule has 0 aromatic carbocycles. The summed E-state index contributed by atoms with van der Waals surface area (Å²) in [6, 6.07) is 0. The van der Waals surface area contributed by atoms with Crippen LogP contribution in [0.1, 0.15) is 26.7 Å². The minimum atomic E-state index is 1.01. The molecule has 1 aliphatic rings. The molecule has 3 N–H and O–H groups in total. The molecule has 1 aliphatic carbocycles. The van der Waals surface area contributed by atoms with Crippen LogP contribution in [0.3, 0.4) is 0 Å². The molecular formula is C20H36N4. The molecule has 0 spiro atoms. The summed E-state index contributed by atoms with van der Waals surface area (Å²) in [6.07, 6.45) is 12.7. The lowest BCUT2D eigenvalue weighted by Crippen LogP contribution is -2.35. The van der Waals surface area contributed by atoms with Crippen molar-refractivity contribution in [2.75, 3.05) is 58.9 Å². The van der Waals surface area contributed by atoms with Crippen LogP contribution >= 0.6 is 0 Å². The Bertz CT molecular complexity index is 419. The molecule has 0 atom stereocenters. The zero-order valence-corrected chi connectivity index (χ0v) is 15.6. The first-order valence-corrected chi connectivity index (χ1v) is 9.49. The Kier molecular flexibility index (Phi) is 13.4. The average Bonchev–Trinajstić information content (AvgIpc) is 2.85. The second kappa shape index (κ2) is 15.4. The van der Waals surface area contributed by atoms with Crippen molar-refractivity contribution >= 4 is 0 Å². The Labute approximate surface area is 148 Å². The van der Waals surface area contributed by atoms with Gasteiger partial charge in [-0.05, 0) is 56.7 Å². The monoisotopic (exact) mass is 332 g/mol. The smallest absolute Gasteiger partial charge is 0.0240 e. The maximum absolute atomic E-state index is 3.56. The van der Waals surface area contributed by atoms with Crippen LogP contribution in [0.4, 0.5) is 0 Å². The highest BCUT2D eigenvalue weighted by atomic mass is 15.1. The highest BCUT2D eigenvalue weighted by Gasteiger charge is 2.05. The van der Waals surface area contributed by atoms with Crippen LogP contribution in [0.15, 0.2) is 41.7 Å². The standard InChI is InChI=1S/C20H36N4/c1-3-17-24(19-20-10-7-5-6-8-11-20)18-16-23-13-9-12-22-15-14-21-4-2/h5-7,10-11,21-23H,3-4,9,12-19H2,1-2H3. The van der Waals surface area contributed by atoms with E-state index >= 15 is 0 Å². The summed E-state index contributed by atoms with van der Waals surface area (Å²) in [5.41, 5.74) is 4.53. The predicted molar refractivity (Wildman–Crippen MR) is 106 cm³/mol. The third kappa shape index (κ3) is 11.4. The Balaban J connectivity index is 2.08. The van der Waals surface area contributed by atoms with Gasteiger partial charge in [0.1, 0.15) is 0 Å². The van der Waals surface area contributed by atoms with Gasteiger partial charge in [0.2, 0.25) is 0 Å². The third-order valence-corrected chi connectivity index (χ3v) is 3.87. The lowest BCUT2D eigenvalue weighted by molar-refractivity contribution is 0.297. The highest BCUT2D eigenvalue weighted by molar-refractivity contribution is 5.29. The number of nitrogens with one attached hydrogen (secondary N) is 3. The predicted octanol–water partition coefficient (Wildman–Crippen LogP) is 2.08. The van der Waals surface area contributed by atoms with Crippen LogP contribution in [-0.4, -0.2) is 63.8 Å². The molecule has 24 heavy (non-hydrogen) atoms. The number of nitrogens with zero attached hydrogens (tertiary/aromatic N) is 1. The van der Waals surface area contributed by atoms with E-state index in [9.17, 15) is 0 Å². The van der Waals surface area contributed by atoms with Crippen molar-refractivity contribution in [2.24, 2.45) is 0 Å². The molecule has 0 bridgehead atoms. The summed E-state index contributed by atoms with van der Waals surface area (Å²) in [5, 5.41) is 10.3. The first kappa shape index (κ1) is 20.9. The van der Waals surface area contributed by atoms with Gasteiger partial charge in [0.25, 0.3) is 0 Å². The van der Waals surface area contributed by atoms with Gasteiger partial charge in [-0.3, -0.25) is 4.90 Å². The first-order valence-electron chi connectivity index (χ1n) is 9.49. The van der Waals surface area contributed by atoms with Gasteiger partial charge in [-0.2, -0.15) is 0 Å². The van der Waals surface area contributed by atoms with E-state index in [1.807, 2.05) is 12.2 Å². The minimum Gasteiger partial charge on any atom is -0.316 e. The Morgan fingerprint density at radius 1 is 0.917 bits per heavy atom. The fourth-order valence-electron chi connectivity index (χ4n) is 2.62. The van der Waals surface area contributed by atoms with Gasteiger partial charge < -0.3 is 16.0 Å². The van der Waals surface area contributed by atoms with Crippen molar-refractivity contribution < 1.29 is 0 Å². The van der Waals surface area contributed by atoms with Crippen LogP contribution in [0.25, 0.3) is 0 Å². The van der Waals surface area contributed by atoms with Crippen LogP contribution < -0.4 is 16.0 Å². The summed E-state index contributed by atoms with van der Waals surface area (Å²) >= 11 is 0. The van der Waals surface area contributed by atoms with E-state index in [0.717, 1.165) is 58.9 Å². The molecule has 0 amide bonds. The van der Waals surface area contributed by atoms with Crippen LogP contribution in [0.2, 0.25) is 0 Å². The zero-order valence-electron chi connectivity index (χ0n) is 15.6. The van der Waals surface area contributed by atoms with E-state index in [-0.39, 0.29) is 0 Å². The number of hydrogen-bond donors (Lipinski definition) is 3.